The van der Waals surface area contributed by atoms with Crippen molar-refractivity contribution in [3.8, 4) is 11.5 Å². The number of thiazole rings is 1. The van der Waals surface area contributed by atoms with E-state index in [0.717, 1.165) is 11.3 Å². The first-order chi connectivity index (χ1) is 16.3. The highest BCUT2D eigenvalue weighted by Gasteiger charge is 2.34. The molecule has 1 unspecified atom stereocenters. The Balaban J connectivity index is 2.02. The number of hydrogen-bond acceptors (Lipinski definition) is 7. The summed E-state index contributed by atoms with van der Waals surface area (Å²) in [6.07, 6.45) is 1.50. The molecule has 0 bridgehead atoms. The van der Waals surface area contributed by atoms with Gasteiger partial charge in [0.1, 0.15) is 17.5 Å². The van der Waals surface area contributed by atoms with Gasteiger partial charge < -0.3 is 14.6 Å². The van der Waals surface area contributed by atoms with Crippen LogP contribution >= 0.6 is 34.5 Å². The molecule has 3 aromatic rings. The number of allylic oxidation sites excluding steroid dienone is 1. The van der Waals surface area contributed by atoms with E-state index in [2.05, 4.69) is 4.99 Å². The van der Waals surface area contributed by atoms with Gasteiger partial charge in [-0.2, -0.15) is 0 Å². The van der Waals surface area contributed by atoms with E-state index in [4.69, 9.17) is 32.7 Å². The molecule has 0 radical (unpaired) electrons. The zero-order valence-electron chi connectivity index (χ0n) is 18.5. The second-order valence-electron chi connectivity index (χ2n) is 7.37. The Kier molecular flexibility index (Phi) is 6.84. The molecule has 1 N–H and O–H groups in total. The third-order valence-electron chi connectivity index (χ3n) is 5.29. The fraction of sp³-hybridized carbons (Fsp3) is 0.208. The van der Waals surface area contributed by atoms with Crippen LogP contribution in [0.2, 0.25) is 10.0 Å². The van der Waals surface area contributed by atoms with Gasteiger partial charge in [-0.05, 0) is 38.1 Å². The van der Waals surface area contributed by atoms with Gasteiger partial charge in [-0.3, -0.25) is 9.36 Å². The van der Waals surface area contributed by atoms with E-state index in [9.17, 15) is 14.7 Å². The van der Waals surface area contributed by atoms with Crippen molar-refractivity contribution in [2.75, 3.05) is 13.7 Å². The molecule has 176 valence electrons. The predicted molar refractivity (Wildman–Crippen MR) is 132 cm³/mol. The summed E-state index contributed by atoms with van der Waals surface area (Å²) in [4.78, 5) is 31.5. The fourth-order valence-electron chi connectivity index (χ4n) is 3.82. The number of phenols is 1. The number of aromatic hydroxyl groups is 1. The number of carbonyl (C=O) groups excluding carboxylic acids is 1. The lowest BCUT2D eigenvalue weighted by Gasteiger charge is -2.25. The van der Waals surface area contributed by atoms with Crippen LogP contribution < -0.4 is 19.6 Å². The minimum absolute atomic E-state index is 0.0684. The van der Waals surface area contributed by atoms with Gasteiger partial charge in [0, 0.05) is 16.1 Å². The molecule has 1 aliphatic heterocycles. The van der Waals surface area contributed by atoms with E-state index in [-0.39, 0.29) is 33.0 Å². The van der Waals surface area contributed by atoms with Crippen LogP contribution in [0.3, 0.4) is 0 Å². The smallest absolute Gasteiger partial charge is 0.338 e. The number of esters is 1. The fourth-order valence-corrected chi connectivity index (χ4v) is 5.36. The Bertz CT molecular complexity index is 1510. The van der Waals surface area contributed by atoms with Gasteiger partial charge in [-0.15, -0.1) is 0 Å². The highest BCUT2D eigenvalue weighted by atomic mass is 35.5. The summed E-state index contributed by atoms with van der Waals surface area (Å²) in [6, 6.07) is 9.26. The van der Waals surface area contributed by atoms with E-state index in [0.29, 0.717) is 26.8 Å². The van der Waals surface area contributed by atoms with Crippen molar-refractivity contribution < 1.29 is 19.4 Å². The van der Waals surface area contributed by atoms with Crippen molar-refractivity contribution in [2.24, 2.45) is 4.99 Å². The quantitative estimate of drug-likeness (QED) is 0.518. The van der Waals surface area contributed by atoms with Crippen LogP contribution in [0.1, 0.15) is 31.0 Å². The average molecular weight is 519 g/mol. The number of carbonyl (C=O) groups is 1. The molecule has 4 rings (SSSR count). The minimum Gasteiger partial charge on any atom is -0.506 e. The highest BCUT2D eigenvalue weighted by Crippen LogP contribution is 2.36. The molecule has 0 spiro atoms. The van der Waals surface area contributed by atoms with Gasteiger partial charge in [-0.25, -0.2) is 9.79 Å². The van der Waals surface area contributed by atoms with Crippen molar-refractivity contribution in [3.05, 3.63) is 88.5 Å². The monoisotopic (exact) mass is 518 g/mol. The van der Waals surface area contributed by atoms with E-state index < -0.39 is 17.6 Å². The lowest BCUT2D eigenvalue weighted by molar-refractivity contribution is -0.139. The van der Waals surface area contributed by atoms with Gasteiger partial charge in [0.2, 0.25) is 0 Å². The number of rotatable bonds is 5. The molecule has 2 heterocycles. The lowest BCUT2D eigenvalue weighted by Crippen LogP contribution is -2.40. The number of fused-ring (bicyclic) bond motifs is 1. The zero-order valence-corrected chi connectivity index (χ0v) is 20.8. The first-order valence-corrected chi connectivity index (χ1v) is 11.8. The molecule has 34 heavy (non-hydrogen) atoms. The molecule has 0 saturated heterocycles. The van der Waals surface area contributed by atoms with Gasteiger partial charge >= 0.3 is 5.97 Å². The molecular formula is C24H20Cl2N2O5S. The second-order valence-corrected chi connectivity index (χ2v) is 9.22. The first kappa shape index (κ1) is 24.1. The number of para-hydroxylation sites is 1. The van der Waals surface area contributed by atoms with Crippen molar-refractivity contribution in [3.63, 3.8) is 0 Å². The van der Waals surface area contributed by atoms with Crippen molar-refractivity contribution in [1.82, 2.24) is 4.57 Å². The maximum Gasteiger partial charge on any atom is 0.338 e. The Labute approximate surface area is 208 Å². The van der Waals surface area contributed by atoms with Crippen LogP contribution in [0.5, 0.6) is 11.5 Å². The Morgan fingerprint density at radius 3 is 2.74 bits per heavy atom. The van der Waals surface area contributed by atoms with Crippen molar-refractivity contribution >= 4 is 46.6 Å². The van der Waals surface area contributed by atoms with Crippen molar-refractivity contribution in [1.29, 1.82) is 0 Å². The van der Waals surface area contributed by atoms with Crippen LogP contribution in [-0.2, 0) is 9.53 Å². The van der Waals surface area contributed by atoms with Crippen LogP contribution in [0.15, 0.2) is 57.5 Å². The minimum atomic E-state index is -0.815. The summed E-state index contributed by atoms with van der Waals surface area (Å²) in [5, 5.41) is 10.7. The maximum atomic E-state index is 13.6. The summed E-state index contributed by atoms with van der Waals surface area (Å²) in [5.74, 6) is -0.243. The van der Waals surface area contributed by atoms with Gasteiger partial charge in [-0.1, -0.05) is 52.7 Å². The number of aromatic nitrogens is 1. The first-order valence-electron chi connectivity index (χ1n) is 10.3. The third-order valence-corrected chi connectivity index (χ3v) is 6.78. The summed E-state index contributed by atoms with van der Waals surface area (Å²) in [5.41, 5.74) is 1.20. The van der Waals surface area contributed by atoms with E-state index in [1.807, 2.05) is 0 Å². The number of methoxy groups -OCH3 is 1. The van der Waals surface area contributed by atoms with E-state index in [1.165, 1.54) is 29.9 Å². The highest BCUT2D eigenvalue weighted by molar-refractivity contribution is 7.07. The standard InChI is InChI=1S/C24H20Cl2N2O5S/c1-4-33-23(31)19-12(2)27-24-28(20(19)15-7-5-6-8-17(15)32-3)22(30)18(34-24)10-13-9-14(25)11-16(26)21(13)29/h5-11,20,29H,4H2,1-3H3. The maximum absolute atomic E-state index is 13.6. The van der Waals surface area contributed by atoms with Gasteiger partial charge in [0.25, 0.3) is 5.56 Å². The van der Waals surface area contributed by atoms with Crippen LogP contribution in [0.4, 0.5) is 0 Å². The summed E-state index contributed by atoms with van der Waals surface area (Å²) in [7, 11) is 1.52. The Hall–Kier alpha value is -3.07. The predicted octanol–water partition coefficient (Wildman–Crippen LogP) is 3.82. The number of nitrogens with zero attached hydrogens (tertiary/aromatic N) is 2. The molecule has 0 saturated carbocycles. The number of phenolic OH excluding ortho intramolecular Hbond substituents is 1. The normalized spacial score (nSPS) is 15.7. The largest absolute Gasteiger partial charge is 0.506 e. The number of ether oxygens (including phenoxy) is 2. The van der Waals surface area contributed by atoms with E-state index >= 15 is 0 Å². The number of halogens is 2. The molecule has 0 amide bonds. The van der Waals surface area contributed by atoms with Gasteiger partial charge in [0.05, 0.1) is 34.5 Å². The Morgan fingerprint density at radius 1 is 1.29 bits per heavy atom. The van der Waals surface area contributed by atoms with Crippen molar-refractivity contribution in [2.45, 2.75) is 19.9 Å². The second kappa shape index (κ2) is 9.66. The van der Waals surface area contributed by atoms with Crippen LogP contribution in [0, 0.1) is 0 Å². The topological polar surface area (TPSA) is 90.1 Å². The molecule has 10 heteroatoms. The summed E-state index contributed by atoms with van der Waals surface area (Å²) < 4.78 is 12.6. The zero-order chi connectivity index (χ0) is 24.6. The molecule has 1 aromatic heterocycles. The molecular weight excluding hydrogens is 499 g/mol. The SMILES string of the molecule is CCOC(=O)C1=C(C)N=c2sc(=Cc3cc(Cl)cc(Cl)c3O)c(=O)n2C1c1ccccc1OC. The summed E-state index contributed by atoms with van der Waals surface area (Å²) >= 11 is 13.2. The third kappa shape index (κ3) is 4.24. The lowest BCUT2D eigenvalue weighted by atomic mass is 9.95. The van der Waals surface area contributed by atoms with E-state index in [1.54, 1.807) is 38.1 Å². The molecule has 7 nitrogen and oxygen atoms in total. The summed E-state index contributed by atoms with van der Waals surface area (Å²) in [6.45, 7) is 3.59. The molecule has 1 atom stereocenters. The molecule has 0 aliphatic carbocycles. The Morgan fingerprint density at radius 2 is 2.03 bits per heavy atom. The number of benzene rings is 2. The molecule has 1 aliphatic rings. The van der Waals surface area contributed by atoms with Gasteiger partial charge in [0.15, 0.2) is 4.80 Å². The van der Waals surface area contributed by atoms with Crippen LogP contribution in [0.25, 0.3) is 6.08 Å². The van der Waals surface area contributed by atoms with Crippen LogP contribution in [-0.4, -0.2) is 29.4 Å². The average Bonchev–Trinajstić information content (AvgIpc) is 3.10. The molecule has 0 fully saturated rings. The number of hydrogen-bond donors (Lipinski definition) is 1. The molecule has 2 aromatic carbocycles.